The molecule has 10 nitrogen and oxygen atoms in total. The molecule has 10 heteroatoms. The Morgan fingerprint density at radius 2 is 2.04 bits per heavy atom. The Morgan fingerprint density at radius 3 is 2.64 bits per heavy atom. The molecule has 144 valence electrons. The van der Waals surface area contributed by atoms with Gasteiger partial charge in [-0.15, -0.1) is 0 Å². The molecule has 0 spiro atoms. The SMILES string of the molecule is CCc1ccc(-c2noc(Cn3cc([N+](=O)[O-])cc(C(=O)OC)c3=O)n2)cc1. The second-order valence-corrected chi connectivity index (χ2v) is 5.86. The molecule has 0 aliphatic heterocycles. The highest BCUT2D eigenvalue weighted by Gasteiger charge is 2.21. The maximum Gasteiger partial charge on any atom is 0.343 e. The molecule has 0 saturated carbocycles. The summed E-state index contributed by atoms with van der Waals surface area (Å²) in [6.45, 7) is 1.81. The first kappa shape index (κ1) is 19.0. The third kappa shape index (κ3) is 3.80. The molecule has 0 fully saturated rings. The Hall–Kier alpha value is -3.82. The summed E-state index contributed by atoms with van der Waals surface area (Å²) in [6.07, 6.45) is 1.91. The molecule has 2 heterocycles. The number of aromatic nitrogens is 3. The van der Waals surface area contributed by atoms with E-state index in [1.54, 1.807) is 0 Å². The summed E-state index contributed by atoms with van der Waals surface area (Å²) in [5.74, 6) is -0.581. The highest BCUT2D eigenvalue weighted by Crippen LogP contribution is 2.18. The van der Waals surface area contributed by atoms with Gasteiger partial charge in [-0.05, 0) is 12.0 Å². The van der Waals surface area contributed by atoms with Crippen LogP contribution in [-0.2, 0) is 17.7 Å². The molecule has 0 aliphatic rings. The average molecular weight is 384 g/mol. The van der Waals surface area contributed by atoms with Crippen molar-refractivity contribution in [3.8, 4) is 11.4 Å². The summed E-state index contributed by atoms with van der Waals surface area (Å²) in [7, 11) is 1.08. The lowest BCUT2D eigenvalue weighted by Gasteiger charge is -2.05. The Bertz CT molecular complexity index is 1080. The van der Waals surface area contributed by atoms with Gasteiger partial charge in [0.2, 0.25) is 11.7 Å². The van der Waals surface area contributed by atoms with Crippen LogP contribution in [0, 0.1) is 10.1 Å². The van der Waals surface area contributed by atoms with Crippen molar-refractivity contribution in [3.63, 3.8) is 0 Å². The molecule has 0 unspecified atom stereocenters. The van der Waals surface area contributed by atoms with E-state index in [0.29, 0.717) is 5.82 Å². The highest BCUT2D eigenvalue weighted by molar-refractivity contribution is 5.89. The van der Waals surface area contributed by atoms with Gasteiger partial charge in [-0.1, -0.05) is 36.3 Å². The molecule has 0 N–H and O–H groups in total. The van der Waals surface area contributed by atoms with Crippen molar-refractivity contribution >= 4 is 11.7 Å². The van der Waals surface area contributed by atoms with Crippen molar-refractivity contribution in [1.82, 2.24) is 14.7 Å². The summed E-state index contributed by atoms with van der Waals surface area (Å²) >= 11 is 0. The molecular weight excluding hydrogens is 368 g/mol. The van der Waals surface area contributed by atoms with E-state index in [1.807, 2.05) is 31.2 Å². The van der Waals surface area contributed by atoms with E-state index < -0.39 is 27.7 Å². The molecule has 0 amide bonds. The fourth-order valence-electron chi connectivity index (χ4n) is 2.56. The first-order valence-electron chi connectivity index (χ1n) is 8.32. The lowest BCUT2D eigenvalue weighted by molar-refractivity contribution is -0.385. The summed E-state index contributed by atoms with van der Waals surface area (Å²) in [4.78, 5) is 38.8. The Morgan fingerprint density at radius 1 is 1.32 bits per heavy atom. The minimum Gasteiger partial charge on any atom is -0.465 e. The molecule has 0 radical (unpaired) electrons. The van der Waals surface area contributed by atoms with E-state index in [-0.39, 0.29) is 12.4 Å². The van der Waals surface area contributed by atoms with Crippen LogP contribution >= 0.6 is 0 Å². The third-order valence-electron chi connectivity index (χ3n) is 4.08. The predicted octanol–water partition coefficient (Wildman–Crippen LogP) is 2.20. The van der Waals surface area contributed by atoms with E-state index >= 15 is 0 Å². The molecule has 0 saturated heterocycles. The van der Waals surface area contributed by atoms with Crippen LogP contribution in [0.3, 0.4) is 0 Å². The van der Waals surface area contributed by atoms with Crippen LogP contribution in [-0.4, -0.2) is 32.7 Å². The largest absolute Gasteiger partial charge is 0.465 e. The van der Waals surface area contributed by atoms with E-state index in [4.69, 9.17) is 4.52 Å². The number of carbonyl (C=O) groups excluding carboxylic acids is 1. The normalized spacial score (nSPS) is 10.6. The lowest BCUT2D eigenvalue weighted by Crippen LogP contribution is -2.27. The van der Waals surface area contributed by atoms with Crippen molar-refractivity contribution in [2.75, 3.05) is 7.11 Å². The topological polar surface area (TPSA) is 130 Å². The van der Waals surface area contributed by atoms with Crippen molar-refractivity contribution in [2.24, 2.45) is 0 Å². The number of hydrogen-bond donors (Lipinski definition) is 0. The molecule has 0 aliphatic carbocycles. The van der Waals surface area contributed by atoms with Gasteiger partial charge in [0.05, 0.1) is 18.2 Å². The molecule has 3 rings (SSSR count). The van der Waals surface area contributed by atoms with Gasteiger partial charge >= 0.3 is 5.97 Å². The Kier molecular flexibility index (Phi) is 5.30. The monoisotopic (exact) mass is 384 g/mol. The summed E-state index contributed by atoms with van der Waals surface area (Å²) < 4.78 is 10.6. The molecule has 2 aromatic heterocycles. The van der Waals surface area contributed by atoms with Crippen LogP contribution in [0.1, 0.15) is 28.7 Å². The maximum atomic E-state index is 12.4. The predicted molar refractivity (Wildman–Crippen MR) is 96.9 cm³/mol. The van der Waals surface area contributed by atoms with Gasteiger partial charge in [-0.25, -0.2) is 4.79 Å². The maximum absolute atomic E-state index is 12.4. The summed E-state index contributed by atoms with van der Waals surface area (Å²) in [5.41, 5.74) is 0.241. The van der Waals surface area contributed by atoms with Gasteiger partial charge < -0.3 is 9.26 Å². The standard InChI is InChI=1S/C18H16N4O6/c1-3-11-4-6-12(7-5-11)16-19-15(28-20-16)10-21-9-13(22(25)26)8-14(17(21)23)18(24)27-2/h4-9H,3,10H2,1-2H3. The zero-order chi connectivity index (χ0) is 20.3. The van der Waals surface area contributed by atoms with Gasteiger partial charge in [0.1, 0.15) is 12.1 Å². The number of methoxy groups -OCH3 is 1. The van der Waals surface area contributed by atoms with Crippen LogP contribution in [0.2, 0.25) is 0 Å². The third-order valence-corrected chi connectivity index (χ3v) is 4.08. The second-order valence-electron chi connectivity index (χ2n) is 5.86. The van der Waals surface area contributed by atoms with Gasteiger partial charge in [0.25, 0.3) is 11.2 Å². The summed E-state index contributed by atoms with van der Waals surface area (Å²) in [6, 6.07) is 8.46. The minimum atomic E-state index is -0.968. The Labute approximate surface area is 158 Å². The lowest BCUT2D eigenvalue weighted by atomic mass is 10.1. The summed E-state index contributed by atoms with van der Waals surface area (Å²) in [5, 5.41) is 15.0. The highest BCUT2D eigenvalue weighted by atomic mass is 16.6. The van der Waals surface area contributed by atoms with E-state index in [2.05, 4.69) is 14.9 Å². The van der Waals surface area contributed by atoms with Crippen molar-refractivity contribution < 1.29 is 19.0 Å². The number of benzene rings is 1. The van der Waals surface area contributed by atoms with Crippen molar-refractivity contribution in [3.05, 3.63) is 74.0 Å². The molecule has 0 bridgehead atoms. The number of rotatable bonds is 6. The van der Waals surface area contributed by atoms with Crippen molar-refractivity contribution in [2.45, 2.75) is 19.9 Å². The number of aryl methyl sites for hydroxylation is 1. The van der Waals surface area contributed by atoms with E-state index in [0.717, 1.165) is 41.5 Å². The number of esters is 1. The van der Waals surface area contributed by atoms with Crippen LogP contribution in [0.15, 0.2) is 45.8 Å². The smallest absolute Gasteiger partial charge is 0.343 e. The molecule has 0 atom stereocenters. The Balaban J connectivity index is 1.94. The first-order valence-corrected chi connectivity index (χ1v) is 8.32. The fourth-order valence-corrected chi connectivity index (χ4v) is 2.56. The molecule has 28 heavy (non-hydrogen) atoms. The van der Waals surface area contributed by atoms with Gasteiger partial charge in [0.15, 0.2) is 0 Å². The number of nitrogens with zero attached hydrogens (tertiary/aromatic N) is 4. The molecule has 3 aromatic rings. The zero-order valence-electron chi connectivity index (χ0n) is 15.1. The van der Waals surface area contributed by atoms with Crippen LogP contribution < -0.4 is 5.56 Å². The average Bonchev–Trinajstić information content (AvgIpc) is 3.17. The van der Waals surface area contributed by atoms with Crippen LogP contribution in [0.25, 0.3) is 11.4 Å². The first-order chi connectivity index (χ1) is 13.4. The number of carbonyl (C=O) groups is 1. The van der Waals surface area contributed by atoms with Gasteiger partial charge in [0, 0.05) is 11.6 Å². The van der Waals surface area contributed by atoms with Crippen molar-refractivity contribution in [1.29, 1.82) is 0 Å². The second kappa shape index (κ2) is 7.82. The fraction of sp³-hybridized carbons (Fsp3) is 0.222. The van der Waals surface area contributed by atoms with E-state index in [1.165, 1.54) is 0 Å². The number of ether oxygens (including phenoxy) is 1. The molecular formula is C18H16N4O6. The van der Waals surface area contributed by atoms with Gasteiger partial charge in [-0.3, -0.25) is 19.5 Å². The zero-order valence-corrected chi connectivity index (χ0v) is 15.1. The van der Waals surface area contributed by atoms with Crippen LogP contribution in [0.5, 0.6) is 0 Å². The quantitative estimate of drug-likeness (QED) is 0.359. The molecule has 1 aromatic carbocycles. The number of nitro groups is 1. The van der Waals surface area contributed by atoms with E-state index in [9.17, 15) is 19.7 Å². The van der Waals surface area contributed by atoms with Gasteiger partial charge in [-0.2, -0.15) is 4.98 Å². The number of pyridine rings is 1. The minimum absolute atomic E-state index is 0.0629. The number of hydrogen-bond acceptors (Lipinski definition) is 8. The van der Waals surface area contributed by atoms with Crippen LogP contribution in [0.4, 0.5) is 5.69 Å².